The highest BCUT2D eigenvalue weighted by Gasteiger charge is 2.38. The standard InChI is InChI=1S/C10H17N3O3/c1-4-13-8(14)5-7(10(13)16)12-6(2)9(15)11-3/h6-7,12H,4-5H2,1-3H3,(H,11,15). The van der Waals surface area contributed by atoms with E-state index >= 15 is 0 Å². The Kier molecular flexibility index (Phi) is 4.00. The van der Waals surface area contributed by atoms with Crippen molar-refractivity contribution in [2.24, 2.45) is 0 Å². The summed E-state index contributed by atoms with van der Waals surface area (Å²) in [6.07, 6.45) is 0.133. The van der Waals surface area contributed by atoms with Gasteiger partial charge in [-0.2, -0.15) is 0 Å². The topological polar surface area (TPSA) is 78.5 Å². The Morgan fingerprint density at radius 1 is 1.56 bits per heavy atom. The van der Waals surface area contributed by atoms with Crippen LogP contribution in [-0.4, -0.2) is 48.3 Å². The lowest BCUT2D eigenvalue weighted by Crippen LogP contribution is -2.48. The summed E-state index contributed by atoms with van der Waals surface area (Å²) >= 11 is 0. The van der Waals surface area contributed by atoms with Gasteiger partial charge >= 0.3 is 0 Å². The van der Waals surface area contributed by atoms with E-state index in [1.165, 1.54) is 11.9 Å². The van der Waals surface area contributed by atoms with Crippen molar-refractivity contribution in [2.75, 3.05) is 13.6 Å². The maximum Gasteiger partial charge on any atom is 0.246 e. The van der Waals surface area contributed by atoms with Crippen molar-refractivity contribution in [1.29, 1.82) is 0 Å². The smallest absolute Gasteiger partial charge is 0.246 e. The second-order valence-electron chi connectivity index (χ2n) is 3.74. The quantitative estimate of drug-likeness (QED) is 0.595. The van der Waals surface area contributed by atoms with Crippen LogP contribution in [0, 0.1) is 0 Å². The van der Waals surface area contributed by atoms with E-state index in [4.69, 9.17) is 0 Å². The van der Waals surface area contributed by atoms with E-state index in [0.29, 0.717) is 6.54 Å². The zero-order valence-corrected chi connectivity index (χ0v) is 9.74. The molecule has 0 bridgehead atoms. The number of imide groups is 1. The first kappa shape index (κ1) is 12.6. The normalized spacial score (nSPS) is 22.4. The summed E-state index contributed by atoms with van der Waals surface area (Å²) in [6.45, 7) is 3.79. The number of likely N-dealkylation sites (N-methyl/N-ethyl adjacent to an activating group) is 2. The van der Waals surface area contributed by atoms with E-state index in [-0.39, 0.29) is 24.1 Å². The van der Waals surface area contributed by atoms with E-state index in [0.717, 1.165) is 0 Å². The average Bonchev–Trinajstić information content (AvgIpc) is 2.52. The second-order valence-corrected chi connectivity index (χ2v) is 3.74. The Balaban J connectivity index is 2.60. The molecule has 1 saturated heterocycles. The molecule has 1 rings (SSSR count). The molecule has 0 aromatic heterocycles. The number of hydrogen-bond acceptors (Lipinski definition) is 4. The lowest BCUT2D eigenvalue weighted by atomic mass is 10.2. The van der Waals surface area contributed by atoms with E-state index in [2.05, 4.69) is 10.6 Å². The van der Waals surface area contributed by atoms with Crippen LogP contribution < -0.4 is 10.6 Å². The molecule has 90 valence electrons. The van der Waals surface area contributed by atoms with Gasteiger partial charge in [-0.3, -0.25) is 24.6 Å². The van der Waals surface area contributed by atoms with E-state index in [9.17, 15) is 14.4 Å². The van der Waals surface area contributed by atoms with Gasteiger partial charge in [0.15, 0.2) is 0 Å². The number of nitrogens with zero attached hydrogens (tertiary/aromatic N) is 1. The van der Waals surface area contributed by atoms with Crippen molar-refractivity contribution in [3.05, 3.63) is 0 Å². The molecule has 0 aliphatic carbocycles. The van der Waals surface area contributed by atoms with Crippen molar-refractivity contribution in [3.63, 3.8) is 0 Å². The van der Waals surface area contributed by atoms with Crippen molar-refractivity contribution >= 4 is 17.7 Å². The molecule has 6 nitrogen and oxygen atoms in total. The minimum absolute atomic E-state index is 0.133. The maximum atomic E-state index is 11.7. The largest absolute Gasteiger partial charge is 0.358 e. The van der Waals surface area contributed by atoms with Gasteiger partial charge in [0.1, 0.15) is 0 Å². The van der Waals surface area contributed by atoms with Crippen molar-refractivity contribution in [1.82, 2.24) is 15.5 Å². The van der Waals surface area contributed by atoms with Gasteiger partial charge in [0.05, 0.1) is 18.5 Å². The molecule has 0 spiro atoms. The minimum Gasteiger partial charge on any atom is -0.358 e. The molecule has 2 atom stereocenters. The van der Waals surface area contributed by atoms with E-state index in [1.807, 2.05) is 0 Å². The molecule has 0 aromatic rings. The van der Waals surface area contributed by atoms with E-state index in [1.54, 1.807) is 13.8 Å². The molecule has 2 N–H and O–H groups in total. The number of nitrogens with one attached hydrogen (secondary N) is 2. The third kappa shape index (κ3) is 2.38. The second kappa shape index (κ2) is 5.07. The van der Waals surface area contributed by atoms with Gasteiger partial charge in [0, 0.05) is 13.6 Å². The monoisotopic (exact) mass is 227 g/mol. The van der Waals surface area contributed by atoms with Crippen LogP contribution in [0.25, 0.3) is 0 Å². The Bertz CT molecular complexity index is 316. The van der Waals surface area contributed by atoms with Gasteiger partial charge < -0.3 is 5.32 Å². The molecule has 2 unspecified atom stereocenters. The highest BCUT2D eigenvalue weighted by Crippen LogP contribution is 2.12. The summed E-state index contributed by atoms with van der Waals surface area (Å²) in [6, 6.07) is -1.05. The predicted octanol–water partition coefficient (Wildman–Crippen LogP) is -1.14. The third-order valence-corrected chi connectivity index (χ3v) is 2.65. The molecule has 6 heteroatoms. The molecular formula is C10H17N3O3. The number of amides is 3. The minimum atomic E-state index is -0.570. The maximum absolute atomic E-state index is 11.7. The lowest BCUT2D eigenvalue weighted by molar-refractivity contribution is -0.138. The summed E-state index contributed by atoms with van der Waals surface area (Å²) in [4.78, 5) is 35.6. The molecule has 1 heterocycles. The summed E-state index contributed by atoms with van der Waals surface area (Å²) in [5.74, 6) is -0.632. The van der Waals surface area contributed by atoms with Crippen molar-refractivity contribution in [3.8, 4) is 0 Å². The molecule has 0 saturated carbocycles. The lowest BCUT2D eigenvalue weighted by Gasteiger charge is -2.17. The van der Waals surface area contributed by atoms with E-state index < -0.39 is 12.1 Å². The summed E-state index contributed by atoms with van der Waals surface area (Å²) in [5.41, 5.74) is 0. The first-order valence-electron chi connectivity index (χ1n) is 5.33. The molecule has 0 aromatic carbocycles. The van der Waals surface area contributed by atoms with Gasteiger partial charge in [-0.1, -0.05) is 0 Å². The number of rotatable bonds is 4. The van der Waals surface area contributed by atoms with Crippen LogP contribution in [-0.2, 0) is 14.4 Å². The van der Waals surface area contributed by atoms with Crippen LogP contribution in [0.3, 0.4) is 0 Å². The van der Waals surface area contributed by atoms with Crippen LogP contribution >= 0.6 is 0 Å². The zero-order valence-electron chi connectivity index (χ0n) is 9.74. The first-order valence-corrected chi connectivity index (χ1v) is 5.33. The van der Waals surface area contributed by atoms with Gasteiger partial charge in [-0.05, 0) is 13.8 Å². The SMILES string of the molecule is CCN1C(=O)CC(NC(C)C(=O)NC)C1=O. The molecule has 1 aliphatic heterocycles. The van der Waals surface area contributed by atoms with Crippen LogP contribution in [0.4, 0.5) is 0 Å². The average molecular weight is 227 g/mol. The molecule has 1 fully saturated rings. The summed E-state index contributed by atoms with van der Waals surface area (Å²) < 4.78 is 0. The molecular weight excluding hydrogens is 210 g/mol. The number of carbonyl (C=O) groups excluding carboxylic acids is 3. The number of hydrogen-bond donors (Lipinski definition) is 2. The highest BCUT2D eigenvalue weighted by molar-refractivity contribution is 6.05. The fourth-order valence-corrected chi connectivity index (χ4v) is 1.74. The van der Waals surface area contributed by atoms with Crippen LogP contribution in [0.2, 0.25) is 0 Å². The molecule has 0 radical (unpaired) electrons. The van der Waals surface area contributed by atoms with Crippen molar-refractivity contribution < 1.29 is 14.4 Å². The first-order chi connectivity index (χ1) is 7.51. The summed E-state index contributed by atoms with van der Waals surface area (Å²) in [5, 5.41) is 5.33. The Morgan fingerprint density at radius 2 is 2.19 bits per heavy atom. The van der Waals surface area contributed by atoms with Gasteiger partial charge in [0.2, 0.25) is 17.7 Å². The Labute approximate surface area is 94.4 Å². The van der Waals surface area contributed by atoms with Crippen LogP contribution in [0.5, 0.6) is 0 Å². The molecule has 16 heavy (non-hydrogen) atoms. The van der Waals surface area contributed by atoms with Crippen molar-refractivity contribution in [2.45, 2.75) is 32.4 Å². The molecule has 1 aliphatic rings. The van der Waals surface area contributed by atoms with Gasteiger partial charge in [-0.15, -0.1) is 0 Å². The molecule has 3 amide bonds. The van der Waals surface area contributed by atoms with Crippen LogP contribution in [0.1, 0.15) is 20.3 Å². The predicted molar refractivity (Wildman–Crippen MR) is 57.5 cm³/mol. The van der Waals surface area contributed by atoms with Crippen LogP contribution in [0.15, 0.2) is 0 Å². The summed E-state index contributed by atoms with van der Waals surface area (Å²) in [7, 11) is 1.53. The number of carbonyl (C=O) groups is 3. The zero-order chi connectivity index (χ0) is 12.3. The fraction of sp³-hybridized carbons (Fsp3) is 0.700. The third-order valence-electron chi connectivity index (χ3n) is 2.65. The fourth-order valence-electron chi connectivity index (χ4n) is 1.74. The van der Waals surface area contributed by atoms with Gasteiger partial charge in [-0.25, -0.2) is 0 Å². The number of likely N-dealkylation sites (tertiary alicyclic amines) is 1. The Hall–Kier alpha value is -1.43. The Morgan fingerprint density at radius 3 is 2.62 bits per heavy atom. The van der Waals surface area contributed by atoms with Gasteiger partial charge in [0.25, 0.3) is 0 Å². The highest BCUT2D eigenvalue weighted by atomic mass is 16.2.